The van der Waals surface area contributed by atoms with E-state index in [1.54, 1.807) is 19.2 Å². The Bertz CT molecular complexity index is 1510. The van der Waals surface area contributed by atoms with Crippen molar-refractivity contribution in [3.63, 3.8) is 0 Å². The summed E-state index contributed by atoms with van der Waals surface area (Å²) in [6, 6.07) is 15.5. The van der Waals surface area contributed by atoms with E-state index in [4.69, 9.17) is 27.8 Å². The number of esters is 1. The predicted molar refractivity (Wildman–Crippen MR) is 177 cm³/mol. The third kappa shape index (κ3) is 10.7. The standard InChI is InChI=1S/C33H42ClN7O5.ClH/c1-45-26-15-11-23(12-16-26)7-4-18-41(17-3-6-22-9-13-24(14-10-22)32(43)37-20-27(42)46-2)19-5-8-25(21-41)38-33(44)28-30(35)40-31(36)29(34)39-28;/h9-16,25H,3-8,17-21H2,1-2H3,(H5-,35,36,37,38,40,43,44);1H. The lowest BCUT2D eigenvalue weighted by Crippen LogP contribution is -3.00. The second-order valence-corrected chi connectivity index (χ2v) is 12.0. The number of carbonyl (C=O) groups is 3. The molecule has 14 heteroatoms. The summed E-state index contributed by atoms with van der Waals surface area (Å²) < 4.78 is 10.7. The monoisotopic (exact) mass is 687 g/mol. The highest BCUT2D eigenvalue weighted by atomic mass is 35.5. The molecule has 47 heavy (non-hydrogen) atoms. The fraction of sp³-hybridized carbons (Fsp3) is 0.424. The van der Waals surface area contributed by atoms with Crippen molar-refractivity contribution in [2.75, 3.05) is 58.4 Å². The van der Waals surface area contributed by atoms with Crippen LogP contribution in [0.5, 0.6) is 5.75 Å². The first-order chi connectivity index (χ1) is 22.1. The van der Waals surface area contributed by atoms with Crippen LogP contribution in [0.4, 0.5) is 11.6 Å². The van der Waals surface area contributed by atoms with E-state index in [1.807, 2.05) is 24.3 Å². The smallest absolute Gasteiger partial charge is 0.325 e. The summed E-state index contributed by atoms with van der Waals surface area (Å²) in [6.07, 6.45) is 5.52. The Balaban J connectivity index is 0.00000600. The van der Waals surface area contributed by atoms with E-state index in [9.17, 15) is 14.4 Å². The molecule has 2 aromatic carbocycles. The summed E-state index contributed by atoms with van der Waals surface area (Å²) in [7, 11) is 2.94. The molecule has 4 rings (SSSR count). The molecule has 1 aliphatic rings. The predicted octanol–water partition coefficient (Wildman–Crippen LogP) is 0.184. The number of hydrogen-bond donors (Lipinski definition) is 4. The quantitative estimate of drug-likeness (QED) is 0.136. The SMILES string of the molecule is COC(=O)CNC(=O)c1ccc(CCC[N+]2(CCCc3ccc(OC)cc3)CCCC(NC(=O)c3nc(Cl)c(N)nc3N)C2)cc1.[Cl-]. The topological polar surface area (TPSA) is 172 Å². The number of benzene rings is 2. The summed E-state index contributed by atoms with van der Waals surface area (Å²) in [4.78, 5) is 44.9. The average Bonchev–Trinajstić information content (AvgIpc) is 3.06. The van der Waals surface area contributed by atoms with Gasteiger partial charge in [0.15, 0.2) is 22.5 Å². The minimum absolute atomic E-state index is 0. The summed E-state index contributed by atoms with van der Waals surface area (Å²) >= 11 is 6.02. The second kappa shape index (κ2) is 17.7. The van der Waals surface area contributed by atoms with Crippen molar-refractivity contribution >= 4 is 41.0 Å². The lowest BCUT2D eigenvalue weighted by atomic mass is 9.99. The normalized spacial score (nSPS) is 17.2. The molecule has 1 aliphatic heterocycles. The molecule has 6 N–H and O–H groups in total. The van der Waals surface area contributed by atoms with Gasteiger partial charge in [0.2, 0.25) is 0 Å². The van der Waals surface area contributed by atoms with Gasteiger partial charge < -0.3 is 48.5 Å². The van der Waals surface area contributed by atoms with Gasteiger partial charge in [0.05, 0.1) is 46.4 Å². The molecule has 0 aliphatic carbocycles. The number of hydrogen-bond acceptors (Lipinski definition) is 9. The van der Waals surface area contributed by atoms with Gasteiger partial charge in [-0.1, -0.05) is 35.9 Å². The first-order valence-corrected chi connectivity index (χ1v) is 15.8. The van der Waals surface area contributed by atoms with Crippen molar-refractivity contribution in [2.45, 2.75) is 44.6 Å². The number of aryl methyl sites for hydroxylation is 2. The molecule has 0 radical (unpaired) electrons. The number of nitrogens with one attached hydrogen (secondary N) is 2. The number of nitrogens with zero attached hydrogens (tertiary/aromatic N) is 3. The summed E-state index contributed by atoms with van der Waals surface area (Å²) in [5.41, 5.74) is 14.5. The van der Waals surface area contributed by atoms with Crippen LogP contribution < -0.4 is 39.2 Å². The van der Waals surface area contributed by atoms with Crippen LogP contribution >= 0.6 is 11.6 Å². The maximum atomic E-state index is 13.2. The van der Waals surface area contributed by atoms with Crippen LogP contribution in [0.25, 0.3) is 0 Å². The molecule has 2 unspecified atom stereocenters. The van der Waals surface area contributed by atoms with Crippen LogP contribution in [0.1, 0.15) is 57.7 Å². The molecule has 1 saturated heterocycles. The van der Waals surface area contributed by atoms with E-state index in [1.165, 1.54) is 12.7 Å². The fourth-order valence-electron chi connectivity index (χ4n) is 6.00. The zero-order chi connectivity index (χ0) is 33.1. The third-order valence-electron chi connectivity index (χ3n) is 8.44. The van der Waals surface area contributed by atoms with Crippen molar-refractivity contribution in [1.82, 2.24) is 20.6 Å². The second-order valence-electron chi connectivity index (χ2n) is 11.7. The lowest BCUT2D eigenvalue weighted by molar-refractivity contribution is -0.933. The number of nitrogen functional groups attached to an aromatic ring is 2. The Hall–Kier alpha value is -4.13. The van der Waals surface area contributed by atoms with E-state index in [2.05, 4.69) is 37.5 Å². The number of ether oxygens (including phenoxy) is 2. The molecule has 0 spiro atoms. The zero-order valence-corrected chi connectivity index (χ0v) is 28.3. The largest absolute Gasteiger partial charge is 1.00 e. The number of carbonyl (C=O) groups excluding carboxylic acids is 3. The van der Waals surface area contributed by atoms with E-state index in [-0.39, 0.29) is 53.4 Å². The Morgan fingerprint density at radius 2 is 1.53 bits per heavy atom. The molecule has 254 valence electrons. The molecule has 2 amide bonds. The molecular weight excluding hydrogens is 645 g/mol. The summed E-state index contributed by atoms with van der Waals surface area (Å²) in [5, 5.41) is 5.63. The van der Waals surface area contributed by atoms with Crippen LogP contribution in [-0.4, -0.2) is 85.2 Å². The van der Waals surface area contributed by atoms with Crippen LogP contribution in [0, 0.1) is 0 Å². The number of rotatable bonds is 14. The van der Waals surface area contributed by atoms with Crippen molar-refractivity contribution < 1.29 is 40.7 Å². The Morgan fingerprint density at radius 3 is 2.13 bits per heavy atom. The highest BCUT2D eigenvalue weighted by molar-refractivity contribution is 6.31. The summed E-state index contributed by atoms with van der Waals surface area (Å²) in [6.45, 7) is 3.53. The van der Waals surface area contributed by atoms with Crippen LogP contribution in [0.3, 0.4) is 0 Å². The molecule has 1 aromatic heterocycles. The molecule has 3 aromatic rings. The molecule has 2 heterocycles. The number of nitrogens with two attached hydrogens (primary N) is 2. The first-order valence-electron chi connectivity index (χ1n) is 15.4. The van der Waals surface area contributed by atoms with E-state index in [0.717, 1.165) is 80.5 Å². The molecule has 2 atom stereocenters. The van der Waals surface area contributed by atoms with Crippen molar-refractivity contribution in [1.29, 1.82) is 0 Å². The van der Waals surface area contributed by atoms with Gasteiger partial charge in [-0.05, 0) is 61.1 Å². The minimum atomic E-state index is -0.502. The number of piperidine rings is 1. The van der Waals surface area contributed by atoms with Gasteiger partial charge >= 0.3 is 5.97 Å². The molecule has 0 bridgehead atoms. The highest BCUT2D eigenvalue weighted by Gasteiger charge is 2.35. The van der Waals surface area contributed by atoms with Crippen LogP contribution in [0.2, 0.25) is 5.15 Å². The average molecular weight is 689 g/mol. The number of amides is 2. The Morgan fingerprint density at radius 1 is 0.915 bits per heavy atom. The van der Waals surface area contributed by atoms with Crippen molar-refractivity contribution in [2.24, 2.45) is 0 Å². The minimum Gasteiger partial charge on any atom is -1.00 e. The molecular formula is C33H43Cl2N7O5. The number of anilines is 2. The Kier molecular flexibility index (Phi) is 14.1. The number of likely N-dealkylation sites (tertiary alicyclic amines) is 1. The van der Waals surface area contributed by atoms with Gasteiger partial charge in [-0.15, -0.1) is 0 Å². The maximum Gasteiger partial charge on any atom is 0.325 e. The lowest BCUT2D eigenvalue weighted by Gasteiger charge is -2.45. The van der Waals surface area contributed by atoms with Gasteiger partial charge in [0, 0.05) is 18.4 Å². The van der Waals surface area contributed by atoms with Gasteiger partial charge in [-0.3, -0.25) is 14.4 Å². The van der Waals surface area contributed by atoms with Crippen LogP contribution in [-0.2, 0) is 22.4 Å². The zero-order valence-electron chi connectivity index (χ0n) is 26.8. The first kappa shape index (κ1) is 37.3. The van der Waals surface area contributed by atoms with E-state index in [0.29, 0.717) is 5.56 Å². The van der Waals surface area contributed by atoms with E-state index < -0.39 is 11.9 Å². The maximum absolute atomic E-state index is 13.2. The van der Waals surface area contributed by atoms with Gasteiger partial charge in [0.25, 0.3) is 11.8 Å². The molecule has 0 saturated carbocycles. The highest BCUT2D eigenvalue weighted by Crippen LogP contribution is 2.24. The van der Waals surface area contributed by atoms with Crippen molar-refractivity contribution in [3.05, 3.63) is 76.1 Å². The number of halogens is 2. The van der Waals surface area contributed by atoms with Gasteiger partial charge in [0.1, 0.15) is 12.3 Å². The van der Waals surface area contributed by atoms with E-state index >= 15 is 0 Å². The fourth-order valence-corrected chi connectivity index (χ4v) is 6.13. The third-order valence-corrected chi connectivity index (χ3v) is 8.72. The van der Waals surface area contributed by atoms with Crippen LogP contribution in [0.15, 0.2) is 48.5 Å². The summed E-state index contributed by atoms with van der Waals surface area (Å²) in [5.74, 6) is -0.471. The Labute approximate surface area is 286 Å². The number of methoxy groups -OCH3 is 2. The van der Waals surface area contributed by atoms with Gasteiger partial charge in [-0.2, -0.15) is 0 Å². The van der Waals surface area contributed by atoms with Gasteiger partial charge in [-0.25, -0.2) is 9.97 Å². The molecule has 1 fully saturated rings. The number of aromatic nitrogens is 2. The van der Waals surface area contributed by atoms with Crippen molar-refractivity contribution in [3.8, 4) is 5.75 Å². The number of quaternary nitrogens is 1. The molecule has 12 nitrogen and oxygen atoms in total.